The van der Waals surface area contributed by atoms with Crippen molar-refractivity contribution in [3.05, 3.63) is 35.7 Å². The zero-order valence-electron chi connectivity index (χ0n) is 10.5. The van der Waals surface area contributed by atoms with Crippen LogP contribution in [0.15, 0.2) is 18.5 Å². The molecular weight excluding hydrogens is 232 g/mol. The van der Waals surface area contributed by atoms with E-state index in [0.717, 1.165) is 18.1 Å². The molecule has 0 spiro atoms. The Morgan fingerprint density at radius 1 is 1.39 bits per heavy atom. The van der Waals surface area contributed by atoms with Gasteiger partial charge in [0, 0.05) is 12.2 Å². The molecule has 0 aromatic carbocycles. The van der Waals surface area contributed by atoms with Crippen molar-refractivity contribution in [1.82, 2.24) is 19.7 Å². The lowest BCUT2D eigenvalue weighted by Crippen LogP contribution is -2.08. The molecule has 0 amide bonds. The summed E-state index contributed by atoms with van der Waals surface area (Å²) in [6.45, 7) is 4.78. The number of aromatic nitrogens is 4. The molecule has 0 aliphatic rings. The number of ether oxygens (including phenoxy) is 1. The van der Waals surface area contributed by atoms with Crippen LogP contribution in [0.25, 0.3) is 0 Å². The maximum absolute atomic E-state index is 9.23. The molecule has 18 heavy (non-hydrogen) atoms. The van der Waals surface area contributed by atoms with Gasteiger partial charge in [-0.15, -0.1) is 0 Å². The minimum atomic E-state index is -0.141. The Bertz CT molecular complexity index is 525. The summed E-state index contributed by atoms with van der Waals surface area (Å²) < 4.78 is 7.39. The van der Waals surface area contributed by atoms with Crippen LogP contribution in [0.3, 0.4) is 0 Å². The Labute approximate surface area is 105 Å². The lowest BCUT2D eigenvalue weighted by atomic mass is 10.3. The molecule has 2 rings (SSSR count). The lowest BCUT2D eigenvalue weighted by molar-refractivity contribution is 0.247. The normalized spacial score (nSPS) is 10.6. The van der Waals surface area contributed by atoms with Gasteiger partial charge in [0.1, 0.15) is 24.4 Å². The Morgan fingerprint density at radius 3 is 2.94 bits per heavy atom. The van der Waals surface area contributed by atoms with Crippen LogP contribution < -0.4 is 4.74 Å². The van der Waals surface area contributed by atoms with E-state index in [1.807, 2.05) is 19.9 Å². The molecule has 2 aromatic heterocycles. The third kappa shape index (κ3) is 2.65. The van der Waals surface area contributed by atoms with E-state index in [9.17, 15) is 5.11 Å². The lowest BCUT2D eigenvalue weighted by Gasteiger charge is -2.10. The molecule has 6 nitrogen and oxygen atoms in total. The molecular formula is C12H16N4O2. The van der Waals surface area contributed by atoms with Crippen LogP contribution in [0.5, 0.6) is 5.75 Å². The number of hydrogen-bond donors (Lipinski definition) is 1. The fraction of sp³-hybridized carbons (Fsp3) is 0.417. The summed E-state index contributed by atoms with van der Waals surface area (Å²) in [4.78, 5) is 8.34. The highest BCUT2D eigenvalue weighted by Crippen LogP contribution is 2.17. The van der Waals surface area contributed by atoms with Gasteiger partial charge in [0.15, 0.2) is 5.82 Å². The van der Waals surface area contributed by atoms with Crippen molar-refractivity contribution >= 4 is 0 Å². The first-order valence-corrected chi connectivity index (χ1v) is 5.81. The monoisotopic (exact) mass is 248 g/mol. The van der Waals surface area contributed by atoms with Crippen LogP contribution in [0.2, 0.25) is 0 Å². The summed E-state index contributed by atoms with van der Waals surface area (Å²) in [6.07, 6.45) is 1.50. The molecule has 0 aliphatic heterocycles. The Morgan fingerprint density at radius 2 is 2.22 bits per heavy atom. The van der Waals surface area contributed by atoms with Gasteiger partial charge in [0.2, 0.25) is 0 Å². The maximum atomic E-state index is 9.23. The van der Waals surface area contributed by atoms with Crippen molar-refractivity contribution in [2.75, 3.05) is 0 Å². The first kappa shape index (κ1) is 12.5. The molecule has 0 aliphatic carbocycles. The summed E-state index contributed by atoms with van der Waals surface area (Å²) in [5.74, 6) is 1.33. The van der Waals surface area contributed by atoms with Crippen molar-refractivity contribution in [3.8, 4) is 5.75 Å². The standard InChI is InChI=1S/C12H16N4O2/c1-3-16-12(13-8-14-16)7-18-11-5-4-9(2)15-10(11)6-17/h4-5,8,17H,3,6-7H2,1-2H3. The molecule has 0 fully saturated rings. The van der Waals surface area contributed by atoms with Crippen LogP contribution in [-0.4, -0.2) is 24.9 Å². The first-order valence-electron chi connectivity index (χ1n) is 5.81. The minimum Gasteiger partial charge on any atom is -0.484 e. The average molecular weight is 248 g/mol. The minimum absolute atomic E-state index is 0.141. The van der Waals surface area contributed by atoms with Crippen LogP contribution in [0.4, 0.5) is 0 Å². The van der Waals surface area contributed by atoms with Gasteiger partial charge in [-0.25, -0.2) is 9.67 Å². The molecule has 0 saturated carbocycles. The highest BCUT2D eigenvalue weighted by molar-refractivity contribution is 5.28. The topological polar surface area (TPSA) is 73.1 Å². The van der Waals surface area contributed by atoms with Gasteiger partial charge in [0.05, 0.1) is 6.61 Å². The SMILES string of the molecule is CCn1ncnc1COc1ccc(C)nc1CO. The molecule has 0 radical (unpaired) electrons. The summed E-state index contributed by atoms with van der Waals surface area (Å²) in [6, 6.07) is 3.65. The van der Waals surface area contributed by atoms with Crippen molar-refractivity contribution in [1.29, 1.82) is 0 Å². The van der Waals surface area contributed by atoms with Gasteiger partial charge in [-0.3, -0.25) is 4.98 Å². The number of rotatable bonds is 5. The van der Waals surface area contributed by atoms with Crippen molar-refractivity contribution in [3.63, 3.8) is 0 Å². The number of hydrogen-bond acceptors (Lipinski definition) is 5. The molecule has 96 valence electrons. The third-order valence-corrected chi connectivity index (χ3v) is 2.57. The number of aliphatic hydroxyl groups is 1. The van der Waals surface area contributed by atoms with E-state index in [1.165, 1.54) is 6.33 Å². The second-order valence-electron chi connectivity index (χ2n) is 3.84. The number of nitrogens with zero attached hydrogens (tertiary/aromatic N) is 4. The average Bonchev–Trinajstić information content (AvgIpc) is 2.84. The molecule has 0 unspecified atom stereocenters. The van der Waals surface area contributed by atoms with Crippen LogP contribution >= 0.6 is 0 Å². The second-order valence-corrected chi connectivity index (χ2v) is 3.84. The van der Waals surface area contributed by atoms with Gasteiger partial charge in [-0.05, 0) is 26.0 Å². The van der Waals surface area contributed by atoms with Crippen LogP contribution in [-0.2, 0) is 19.8 Å². The second kappa shape index (κ2) is 5.59. The quantitative estimate of drug-likeness (QED) is 0.857. The Balaban J connectivity index is 2.10. The molecule has 0 saturated heterocycles. The van der Waals surface area contributed by atoms with E-state index in [0.29, 0.717) is 18.1 Å². The molecule has 0 bridgehead atoms. The van der Waals surface area contributed by atoms with Crippen LogP contribution in [0, 0.1) is 6.92 Å². The van der Waals surface area contributed by atoms with E-state index in [1.54, 1.807) is 10.7 Å². The highest BCUT2D eigenvalue weighted by Gasteiger charge is 2.08. The molecule has 6 heteroatoms. The molecule has 0 atom stereocenters. The Kier molecular flexibility index (Phi) is 3.88. The van der Waals surface area contributed by atoms with Gasteiger partial charge < -0.3 is 9.84 Å². The van der Waals surface area contributed by atoms with Gasteiger partial charge in [-0.1, -0.05) is 0 Å². The van der Waals surface area contributed by atoms with E-state index in [2.05, 4.69) is 15.1 Å². The Hall–Kier alpha value is -1.95. The van der Waals surface area contributed by atoms with Crippen molar-refractivity contribution in [2.45, 2.75) is 33.6 Å². The van der Waals surface area contributed by atoms with E-state index in [4.69, 9.17) is 4.74 Å². The van der Waals surface area contributed by atoms with E-state index >= 15 is 0 Å². The third-order valence-electron chi connectivity index (χ3n) is 2.57. The fourth-order valence-corrected chi connectivity index (χ4v) is 1.65. The first-order chi connectivity index (χ1) is 8.74. The van der Waals surface area contributed by atoms with Gasteiger partial charge >= 0.3 is 0 Å². The maximum Gasteiger partial charge on any atom is 0.164 e. The number of aliphatic hydroxyl groups excluding tert-OH is 1. The molecule has 1 N–H and O–H groups in total. The molecule has 2 heterocycles. The summed E-state index contributed by atoms with van der Waals surface area (Å²) in [5.41, 5.74) is 1.39. The van der Waals surface area contributed by atoms with E-state index < -0.39 is 0 Å². The highest BCUT2D eigenvalue weighted by atomic mass is 16.5. The summed E-state index contributed by atoms with van der Waals surface area (Å²) in [7, 11) is 0. The van der Waals surface area contributed by atoms with Gasteiger partial charge in [-0.2, -0.15) is 5.10 Å². The summed E-state index contributed by atoms with van der Waals surface area (Å²) >= 11 is 0. The zero-order chi connectivity index (χ0) is 13.0. The number of aryl methyl sites for hydroxylation is 2. The van der Waals surface area contributed by atoms with Gasteiger partial charge in [0.25, 0.3) is 0 Å². The zero-order valence-corrected chi connectivity index (χ0v) is 10.5. The summed E-state index contributed by atoms with van der Waals surface area (Å²) in [5, 5.41) is 13.3. The number of pyridine rings is 1. The predicted octanol–water partition coefficient (Wildman–Crippen LogP) is 1.07. The van der Waals surface area contributed by atoms with Crippen LogP contribution in [0.1, 0.15) is 24.1 Å². The molecule has 2 aromatic rings. The predicted molar refractivity (Wildman–Crippen MR) is 64.9 cm³/mol. The van der Waals surface area contributed by atoms with E-state index in [-0.39, 0.29) is 6.61 Å². The smallest absolute Gasteiger partial charge is 0.164 e. The van der Waals surface area contributed by atoms with Crippen molar-refractivity contribution < 1.29 is 9.84 Å². The van der Waals surface area contributed by atoms with Crippen molar-refractivity contribution in [2.24, 2.45) is 0 Å². The fourth-order valence-electron chi connectivity index (χ4n) is 1.65. The largest absolute Gasteiger partial charge is 0.484 e.